The van der Waals surface area contributed by atoms with Crippen molar-refractivity contribution in [2.45, 2.75) is 13.3 Å². The molecule has 1 aliphatic rings. The highest BCUT2D eigenvalue weighted by Crippen LogP contribution is 2.25. The van der Waals surface area contributed by atoms with E-state index in [4.69, 9.17) is 4.74 Å². The Kier molecular flexibility index (Phi) is 2.95. The van der Waals surface area contributed by atoms with E-state index in [1.165, 1.54) is 0 Å². The highest BCUT2D eigenvalue weighted by atomic mass is 16.5. The Morgan fingerprint density at radius 1 is 1.35 bits per heavy atom. The molecular formula is C13H13NO3. The fraction of sp³-hybridized carbons (Fsp3) is 0.231. The molecule has 1 aromatic rings. The van der Waals surface area contributed by atoms with Crippen LogP contribution in [0.15, 0.2) is 29.8 Å². The van der Waals surface area contributed by atoms with Crippen LogP contribution in [0.2, 0.25) is 0 Å². The second-order valence-electron chi connectivity index (χ2n) is 3.89. The van der Waals surface area contributed by atoms with E-state index < -0.39 is 0 Å². The molecule has 17 heavy (non-hydrogen) atoms. The predicted octanol–water partition coefficient (Wildman–Crippen LogP) is 1.52. The van der Waals surface area contributed by atoms with Gasteiger partial charge in [0, 0.05) is 5.57 Å². The summed E-state index contributed by atoms with van der Waals surface area (Å²) in [6.45, 7) is 1.84. The van der Waals surface area contributed by atoms with Gasteiger partial charge in [-0.2, -0.15) is 0 Å². The maximum absolute atomic E-state index is 11.5. The van der Waals surface area contributed by atoms with Crippen molar-refractivity contribution in [2.75, 3.05) is 7.11 Å². The van der Waals surface area contributed by atoms with E-state index in [-0.39, 0.29) is 18.2 Å². The largest absolute Gasteiger partial charge is 0.497 e. The van der Waals surface area contributed by atoms with Gasteiger partial charge >= 0.3 is 0 Å². The van der Waals surface area contributed by atoms with Gasteiger partial charge in [-0.3, -0.25) is 14.9 Å². The number of allylic oxidation sites excluding steroid dienone is 1. The average molecular weight is 231 g/mol. The van der Waals surface area contributed by atoms with Gasteiger partial charge in [0.25, 0.3) is 5.91 Å². The van der Waals surface area contributed by atoms with Crippen LogP contribution in [0.1, 0.15) is 18.9 Å². The number of methoxy groups -OCH3 is 1. The summed E-state index contributed by atoms with van der Waals surface area (Å²) < 4.78 is 5.13. The van der Waals surface area contributed by atoms with Gasteiger partial charge in [-0.1, -0.05) is 12.1 Å². The van der Waals surface area contributed by atoms with Gasteiger partial charge < -0.3 is 4.74 Å². The zero-order valence-corrected chi connectivity index (χ0v) is 9.74. The number of carbonyl (C=O) groups is 2. The van der Waals surface area contributed by atoms with Crippen molar-refractivity contribution in [3.63, 3.8) is 0 Å². The first-order valence-corrected chi connectivity index (χ1v) is 5.30. The van der Waals surface area contributed by atoms with Crippen LogP contribution in [0.3, 0.4) is 0 Å². The summed E-state index contributed by atoms with van der Waals surface area (Å²) in [5, 5.41) is 2.28. The van der Waals surface area contributed by atoms with Gasteiger partial charge in [0.05, 0.1) is 13.5 Å². The Balaban J connectivity index is 2.42. The van der Waals surface area contributed by atoms with Crippen LogP contribution < -0.4 is 10.1 Å². The average Bonchev–Trinajstić information content (AvgIpc) is 2.67. The lowest BCUT2D eigenvalue weighted by Crippen LogP contribution is -2.19. The highest BCUT2D eigenvalue weighted by Gasteiger charge is 2.26. The van der Waals surface area contributed by atoms with E-state index >= 15 is 0 Å². The molecule has 1 aromatic carbocycles. The monoisotopic (exact) mass is 231 g/mol. The molecule has 0 atom stereocenters. The molecule has 1 saturated heterocycles. The Hall–Kier alpha value is -2.10. The molecule has 1 aliphatic heterocycles. The molecule has 1 heterocycles. The van der Waals surface area contributed by atoms with E-state index in [1.54, 1.807) is 7.11 Å². The third-order valence-electron chi connectivity index (χ3n) is 2.82. The molecule has 0 spiro atoms. The first-order chi connectivity index (χ1) is 8.11. The number of rotatable bonds is 2. The van der Waals surface area contributed by atoms with Crippen molar-refractivity contribution in [1.29, 1.82) is 0 Å². The lowest BCUT2D eigenvalue weighted by Gasteiger charge is -2.06. The molecule has 2 amide bonds. The van der Waals surface area contributed by atoms with E-state index in [9.17, 15) is 9.59 Å². The summed E-state index contributed by atoms with van der Waals surface area (Å²) in [6, 6.07) is 7.42. The predicted molar refractivity (Wildman–Crippen MR) is 63.4 cm³/mol. The SMILES string of the molecule is COc1cccc(C(C)=C2CC(=O)NC2=O)c1. The van der Waals surface area contributed by atoms with Gasteiger partial charge in [0.15, 0.2) is 0 Å². The molecule has 0 unspecified atom stereocenters. The molecule has 4 nitrogen and oxygen atoms in total. The Morgan fingerprint density at radius 3 is 2.71 bits per heavy atom. The van der Waals surface area contributed by atoms with Crippen LogP contribution in [0.4, 0.5) is 0 Å². The minimum atomic E-state index is -0.296. The summed E-state index contributed by atoms with van der Waals surface area (Å²) in [6.07, 6.45) is 0.155. The minimum absolute atomic E-state index is 0.155. The minimum Gasteiger partial charge on any atom is -0.497 e. The van der Waals surface area contributed by atoms with Crippen molar-refractivity contribution in [2.24, 2.45) is 0 Å². The molecule has 0 aliphatic carbocycles. The van der Waals surface area contributed by atoms with Gasteiger partial charge in [-0.25, -0.2) is 0 Å². The van der Waals surface area contributed by atoms with Gasteiger partial charge in [0.1, 0.15) is 5.75 Å². The molecular weight excluding hydrogens is 218 g/mol. The Morgan fingerprint density at radius 2 is 2.12 bits per heavy atom. The number of carbonyl (C=O) groups excluding carboxylic acids is 2. The first kappa shape index (κ1) is 11.4. The van der Waals surface area contributed by atoms with Crippen molar-refractivity contribution >= 4 is 17.4 Å². The molecule has 4 heteroatoms. The zero-order valence-electron chi connectivity index (χ0n) is 9.74. The molecule has 1 N–H and O–H groups in total. The molecule has 2 rings (SSSR count). The highest BCUT2D eigenvalue weighted by molar-refractivity contribution is 6.17. The maximum atomic E-state index is 11.5. The number of hydrogen-bond donors (Lipinski definition) is 1. The standard InChI is InChI=1S/C13H13NO3/c1-8(11-7-12(15)14-13(11)16)9-4-3-5-10(6-9)17-2/h3-6H,7H2,1-2H3,(H,14,15,16). The van der Waals surface area contributed by atoms with Gasteiger partial charge in [-0.15, -0.1) is 0 Å². The molecule has 0 aromatic heterocycles. The summed E-state index contributed by atoms with van der Waals surface area (Å²) >= 11 is 0. The van der Waals surface area contributed by atoms with Crippen LogP contribution in [0.25, 0.3) is 5.57 Å². The summed E-state index contributed by atoms with van der Waals surface area (Å²) in [5.74, 6) is 0.190. The van der Waals surface area contributed by atoms with Crippen LogP contribution in [-0.4, -0.2) is 18.9 Å². The number of imide groups is 1. The fourth-order valence-corrected chi connectivity index (χ4v) is 1.82. The summed E-state index contributed by atoms with van der Waals surface area (Å²) in [5.41, 5.74) is 2.24. The van der Waals surface area contributed by atoms with Crippen LogP contribution in [0, 0.1) is 0 Å². The Labute approximate surface area is 99.3 Å². The maximum Gasteiger partial charge on any atom is 0.254 e. The molecule has 0 radical (unpaired) electrons. The van der Waals surface area contributed by atoms with Crippen molar-refractivity contribution in [3.05, 3.63) is 35.4 Å². The number of nitrogens with one attached hydrogen (secondary N) is 1. The lowest BCUT2D eigenvalue weighted by molar-refractivity contribution is -0.124. The molecule has 0 bridgehead atoms. The zero-order chi connectivity index (χ0) is 12.4. The number of hydrogen-bond acceptors (Lipinski definition) is 3. The van der Waals surface area contributed by atoms with Crippen molar-refractivity contribution in [3.8, 4) is 5.75 Å². The second kappa shape index (κ2) is 4.41. The van der Waals surface area contributed by atoms with E-state index in [2.05, 4.69) is 5.32 Å². The van der Waals surface area contributed by atoms with E-state index in [0.717, 1.165) is 16.9 Å². The second-order valence-corrected chi connectivity index (χ2v) is 3.89. The lowest BCUT2D eigenvalue weighted by atomic mass is 10.0. The van der Waals surface area contributed by atoms with Crippen molar-refractivity contribution < 1.29 is 14.3 Å². The number of ether oxygens (including phenoxy) is 1. The fourth-order valence-electron chi connectivity index (χ4n) is 1.82. The molecule has 1 fully saturated rings. The van der Waals surface area contributed by atoms with Crippen molar-refractivity contribution in [1.82, 2.24) is 5.32 Å². The van der Waals surface area contributed by atoms with Crippen LogP contribution >= 0.6 is 0 Å². The van der Waals surface area contributed by atoms with Crippen LogP contribution in [0.5, 0.6) is 5.75 Å². The van der Waals surface area contributed by atoms with Crippen LogP contribution in [-0.2, 0) is 9.59 Å². The smallest absolute Gasteiger partial charge is 0.254 e. The number of amides is 2. The first-order valence-electron chi connectivity index (χ1n) is 5.30. The third kappa shape index (κ3) is 2.20. The quantitative estimate of drug-likeness (QED) is 0.620. The Bertz CT molecular complexity index is 517. The molecule has 0 saturated carbocycles. The summed E-state index contributed by atoms with van der Waals surface area (Å²) in [7, 11) is 1.59. The molecule has 88 valence electrons. The van der Waals surface area contributed by atoms with Gasteiger partial charge in [-0.05, 0) is 30.2 Å². The normalized spacial score (nSPS) is 18.0. The van der Waals surface area contributed by atoms with E-state index in [0.29, 0.717) is 5.57 Å². The van der Waals surface area contributed by atoms with Gasteiger partial charge in [0.2, 0.25) is 5.91 Å². The topological polar surface area (TPSA) is 55.4 Å². The third-order valence-corrected chi connectivity index (χ3v) is 2.82. The van der Waals surface area contributed by atoms with E-state index in [1.807, 2.05) is 31.2 Å². The summed E-state index contributed by atoms with van der Waals surface area (Å²) in [4.78, 5) is 22.7. The number of benzene rings is 1.